The standard InChI is InChI=1S/C14H13ClF3N3O2/c1-7-5-12(19-13(23)8(2)22)21(20-7)11-6-9(14(16,17)18)3-4-10(11)15/h3-6,8,22H,1-2H3,(H,19,23). The molecule has 0 bridgehead atoms. The average Bonchev–Trinajstić information content (AvgIpc) is 2.78. The van der Waals surface area contributed by atoms with Crippen LogP contribution in [0.3, 0.4) is 0 Å². The van der Waals surface area contributed by atoms with Crippen LogP contribution in [0, 0.1) is 6.92 Å². The number of hydrogen-bond acceptors (Lipinski definition) is 3. The number of nitrogens with zero attached hydrogens (tertiary/aromatic N) is 2. The Morgan fingerprint density at radius 2 is 2.04 bits per heavy atom. The zero-order valence-corrected chi connectivity index (χ0v) is 12.9. The van der Waals surface area contributed by atoms with E-state index in [9.17, 15) is 23.1 Å². The quantitative estimate of drug-likeness (QED) is 0.896. The summed E-state index contributed by atoms with van der Waals surface area (Å²) in [5.74, 6) is -0.608. The van der Waals surface area contributed by atoms with Crippen LogP contribution >= 0.6 is 11.6 Å². The lowest BCUT2D eigenvalue weighted by molar-refractivity contribution is -0.137. The van der Waals surface area contributed by atoms with Crippen LogP contribution in [0.4, 0.5) is 19.0 Å². The van der Waals surface area contributed by atoms with Gasteiger partial charge in [-0.1, -0.05) is 11.6 Å². The van der Waals surface area contributed by atoms with Gasteiger partial charge in [-0.3, -0.25) is 4.79 Å². The molecule has 0 fully saturated rings. The molecule has 9 heteroatoms. The number of hydrogen-bond donors (Lipinski definition) is 2. The number of aromatic nitrogens is 2. The van der Waals surface area contributed by atoms with Crippen molar-refractivity contribution in [2.45, 2.75) is 26.1 Å². The zero-order valence-electron chi connectivity index (χ0n) is 12.1. The van der Waals surface area contributed by atoms with Gasteiger partial charge in [0.2, 0.25) is 0 Å². The Morgan fingerprint density at radius 1 is 1.39 bits per heavy atom. The number of aryl methyl sites for hydroxylation is 1. The summed E-state index contributed by atoms with van der Waals surface area (Å²) in [4.78, 5) is 11.6. The molecular weight excluding hydrogens is 335 g/mol. The molecule has 0 spiro atoms. The van der Waals surface area contributed by atoms with Crippen molar-refractivity contribution >= 4 is 23.3 Å². The van der Waals surface area contributed by atoms with Gasteiger partial charge in [0.05, 0.1) is 22.0 Å². The first-order chi connectivity index (χ1) is 10.6. The minimum atomic E-state index is -4.54. The summed E-state index contributed by atoms with van der Waals surface area (Å²) in [6.45, 7) is 2.87. The molecule has 23 heavy (non-hydrogen) atoms. The van der Waals surface area contributed by atoms with Crippen LogP contribution < -0.4 is 5.32 Å². The van der Waals surface area contributed by atoms with Gasteiger partial charge in [-0.25, -0.2) is 4.68 Å². The number of halogens is 4. The molecule has 1 heterocycles. The van der Waals surface area contributed by atoms with Crippen LogP contribution in [0.25, 0.3) is 5.69 Å². The predicted octanol–water partition coefficient (Wildman–Crippen LogP) is 3.17. The second-order valence-corrected chi connectivity index (χ2v) is 5.32. The second kappa shape index (κ2) is 6.21. The van der Waals surface area contributed by atoms with Crippen molar-refractivity contribution in [1.82, 2.24) is 9.78 Å². The first-order valence-corrected chi connectivity index (χ1v) is 6.90. The van der Waals surface area contributed by atoms with Crippen LogP contribution in [-0.4, -0.2) is 26.9 Å². The van der Waals surface area contributed by atoms with Crippen molar-refractivity contribution in [2.75, 3.05) is 5.32 Å². The number of benzene rings is 1. The Labute approximate surface area is 134 Å². The monoisotopic (exact) mass is 347 g/mol. The summed E-state index contributed by atoms with van der Waals surface area (Å²) < 4.78 is 39.7. The van der Waals surface area contributed by atoms with Crippen LogP contribution in [0.5, 0.6) is 0 Å². The van der Waals surface area contributed by atoms with E-state index < -0.39 is 23.8 Å². The number of amides is 1. The lowest BCUT2D eigenvalue weighted by atomic mass is 10.2. The van der Waals surface area contributed by atoms with Crippen LogP contribution in [0.2, 0.25) is 5.02 Å². The Hall–Kier alpha value is -2.06. The number of alkyl halides is 3. The molecule has 1 aromatic carbocycles. The van der Waals surface area contributed by atoms with Gasteiger partial charge in [-0.2, -0.15) is 18.3 Å². The van der Waals surface area contributed by atoms with Crippen LogP contribution in [-0.2, 0) is 11.0 Å². The first-order valence-electron chi connectivity index (χ1n) is 6.52. The van der Waals surface area contributed by atoms with Crippen molar-refractivity contribution in [3.63, 3.8) is 0 Å². The van der Waals surface area contributed by atoms with E-state index in [1.54, 1.807) is 6.92 Å². The molecule has 2 aromatic rings. The topological polar surface area (TPSA) is 67.2 Å². The van der Waals surface area contributed by atoms with Crippen LogP contribution in [0.15, 0.2) is 24.3 Å². The fourth-order valence-corrected chi connectivity index (χ4v) is 2.05. The SMILES string of the molecule is Cc1cc(NC(=O)C(C)O)n(-c2cc(C(F)(F)F)ccc2Cl)n1. The van der Waals surface area contributed by atoms with Gasteiger partial charge in [0, 0.05) is 6.07 Å². The van der Waals surface area contributed by atoms with Gasteiger partial charge in [-0.15, -0.1) is 0 Å². The van der Waals surface area contributed by atoms with Gasteiger partial charge in [0.1, 0.15) is 11.9 Å². The molecule has 0 saturated carbocycles. The van der Waals surface area contributed by atoms with E-state index in [-0.39, 0.29) is 16.5 Å². The molecule has 1 atom stereocenters. The molecule has 0 aliphatic heterocycles. The molecule has 0 aliphatic carbocycles. The van der Waals surface area contributed by atoms with Crippen LogP contribution in [0.1, 0.15) is 18.2 Å². The third-order valence-corrected chi connectivity index (χ3v) is 3.28. The summed E-state index contributed by atoms with van der Waals surface area (Å²) in [5, 5.41) is 15.7. The number of carbonyl (C=O) groups excluding carboxylic acids is 1. The Bertz CT molecular complexity index is 741. The number of rotatable bonds is 3. The fraction of sp³-hybridized carbons (Fsp3) is 0.286. The summed E-state index contributed by atoms with van der Waals surface area (Å²) in [7, 11) is 0. The van der Waals surface area contributed by atoms with E-state index in [1.807, 2.05) is 0 Å². The third-order valence-electron chi connectivity index (χ3n) is 2.96. The number of anilines is 1. The molecule has 0 saturated heterocycles. The molecule has 5 nitrogen and oxygen atoms in total. The van der Waals surface area contributed by atoms with Crippen molar-refractivity contribution < 1.29 is 23.1 Å². The van der Waals surface area contributed by atoms with Crippen molar-refractivity contribution in [1.29, 1.82) is 0 Å². The minimum absolute atomic E-state index is 0.0320. The van der Waals surface area contributed by atoms with Gasteiger partial charge in [-0.05, 0) is 32.0 Å². The van der Waals surface area contributed by atoms with E-state index in [0.29, 0.717) is 5.69 Å². The highest BCUT2D eigenvalue weighted by molar-refractivity contribution is 6.32. The minimum Gasteiger partial charge on any atom is -0.384 e. The number of aliphatic hydroxyl groups is 1. The Morgan fingerprint density at radius 3 is 2.61 bits per heavy atom. The molecular formula is C14H13ClF3N3O2. The molecule has 124 valence electrons. The lowest BCUT2D eigenvalue weighted by Crippen LogP contribution is -2.25. The highest BCUT2D eigenvalue weighted by Crippen LogP contribution is 2.34. The van der Waals surface area contributed by atoms with E-state index in [1.165, 1.54) is 13.0 Å². The molecule has 2 rings (SSSR count). The van der Waals surface area contributed by atoms with E-state index >= 15 is 0 Å². The summed E-state index contributed by atoms with van der Waals surface area (Å²) >= 11 is 5.97. The van der Waals surface area contributed by atoms with E-state index in [4.69, 9.17) is 11.6 Å². The second-order valence-electron chi connectivity index (χ2n) is 4.91. The maximum atomic E-state index is 12.9. The molecule has 1 amide bonds. The molecule has 1 unspecified atom stereocenters. The van der Waals surface area contributed by atoms with Gasteiger partial charge in [0.15, 0.2) is 0 Å². The largest absolute Gasteiger partial charge is 0.416 e. The maximum Gasteiger partial charge on any atom is 0.416 e. The smallest absolute Gasteiger partial charge is 0.384 e. The van der Waals surface area contributed by atoms with Gasteiger partial charge in [0.25, 0.3) is 5.91 Å². The first kappa shape index (κ1) is 17.3. The highest BCUT2D eigenvalue weighted by atomic mass is 35.5. The summed E-state index contributed by atoms with van der Waals surface area (Å²) in [6, 6.07) is 4.26. The normalized spacial score (nSPS) is 13.0. The Kier molecular flexibility index (Phi) is 4.67. The van der Waals surface area contributed by atoms with Crippen molar-refractivity contribution in [3.8, 4) is 5.69 Å². The lowest BCUT2D eigenvalue weighted by Gasteiger charge is -2.13. The number of nitrogens with one attached hydrogen (secondary N) is 1. The summed E-state index contributed by atoms with van der Waals surface area (Å²) in [6.07, 6.45) is -5.82. The number of carbonyl (C=O) groups is 1. The zero-order chi connectivity index (χ0) is 17.4. The predicted molar refractivity (Wildman–Crippen MR) is 78.6 cm³/mol. The maximum absolute atomic E-state index is 12.9. The van der Waals surface area contributed by atoms with E-state index in [0.717, 1.165) is 22.9 Å². The average molecular weight is 348 g/mol. The third kappa shape index (κ3) is 3.83. The van der Waals surface area contributed by atoms with E-state index in [2.05, 4.69) is 10.4 Å². The fourth-order valence-electron chi connectivity index (χ4n) is 1.85. The van der Waals surface area contributed by atoms with Crippen molar-refractivity contribution in [2.24, 2.45) is 0 Å². The number of aliphatic hydroxyl groups excluding tert-OH is 1. The molecule has 1 aromatic heterocycles. The molecule has 0 radical (unpaired) electrons. The summed E-state index contributed by atoms with van der Waals surface area (Å²) in [5.41, 5.74) is -0.465. The van der Waals surface area contributed by atoms with Gasteiger partial charge < -0.3 is 10.4 Å². The van der Waals surface area contributed by atoms with Crippen molar-refractivity contribution in [3.05, 3.63) is 40.5 Å². The highest BCUT2D eigenvalue weighted by Gasteiger charge is 2.31. The van der Waals surface area contributed by atoms with Gasteiger partial charge >= 0.3 is 6.18 Å². The molecule has 2 N–H and O–H groups in total. The molecule has 0 aliphatic rings. The Balaban J connectivity index is 2.52.